The molecule has 0 unspecified atom stereocenters. The molecule has 0 heterocycles. The highest BCUT2D eigenvalue weighted by Crippen LogP contribution is 2.31. The Balaban J connectivity index is 2.27. The van der Waals surface area contributed by atoms with Crippen molar-refractivity contribution < 1.29 is 13.2 Å². The molecule has 0 bridgehead atoms. The summed E-state index contributed by atoms with van der Waals surface area (Å²) in [4.78, 5) is 0.396. The number of ether oxygens (including phenoxy) is 1. The maximum Gasteiger partial charge on any atom is 0.241 e. The molecule has 1 fully saturated rings. The largest absolute Gasteiger partial charge is 0.497 e. The second kappa shape index (κ2) is 5.67. The van der Waals surface area contributed by atoms with Crippen LogP contribution in [0.3, 0.4) is 0 Å². The maximum absolute atomic E-state index is 12.4. The van der Waals surface area contributed by atoms with Crippen molar-refractivity contribution in [2.45, 2.75) is 36.1 Å². The zero-order chi connectivity index (χ0) is 14.8. The number of thiocarbonyl (C=S) groups is 1. The van der Waals surface area contributed by atoms with Gasteiger partial charge in [-0.15, -0.1) is 0 Å². The lowest BCUT2D eigenvalue weighted by Gasteiger charge is -2.28. The van der Waals surface area contributed by atoms with Gasteiger partial charge in [-0.1, -0.05) is 25.1 Å². The molecule has 0 amide bonds. The first-order valence-corrected chi connectivity index (χ1v) is 8.27. The van der Waals surface area contributed by atoms with E-state index in [-0.39, 0.29) is 9.88 Å². The van der Waals surface area contributed by atoms with Crippen LogP contribution in [-0.2, 0) is 10.0 Å². The first kappa shape index (κ1) is 15.2. The van der Waals surface area contributed by atoms with Crippen LogP contribution in [0.25, 0.3) is 0 Å². The van der Waals surface area contributed by atoms with E-state index in [1.165, 1.54) is 19.2 Å². The van der Waals surface area contributed by atoms with Crippen molar-refractivity contribution in [2.24, 2.45) is 5.73 Å². The number of rotatable bonds is 5. The summed E-state index contributed by atoms with van der Waals surface area (Å²) in [7, 11) is -2.12. The van der Waals surface area contributed by atoms with Crippen molar-refractivity contribution in [1.29, 1.82) is 0 Å². The fraction of sp³-hybridized carbons (Fsp3) is 0.462. The summed E-state index contributed by atoms with van der Waals surface area (Å²) >= 11 is 5.06. The van der Waals surface area contributed by atoms with E-state index in [1.54, 1.807) is 12.1 Å². The number of methoxy groups -OCH3 is 1. The van der Waals surface area contributed by atoms with Gasteiger partial charge in [0, 0.05) is 0 Å². The van der Waals surface area contributed by atoms with Gasteiger partial charge in [0.2, 0.25) is 10.0 Å². The standard InChI is InChI=1S/C13H18N2O3S2/c1-18-10-4-6-11(7-5-10)20(16,17)15-13(12(14)19)8-2-3-9-13/h4-7,15H,2-3,8-9H2,1H3,(H2,14,19). The quantitative estimate of drug-likeness (QED) is 0.806. The second-order valence-corrected chi connectivity index (χ2v) is 7.06. The highest BCUT2D eigenvalue weighted by molar-refractivity contribution is 7.89. The summed E-state index contributed by atoms with van der Waals surface area (Å²) in [6, 6.07) is 6.22. The van der Waals surface area contributed by atoms with E-state index >= 15 is 0 Å². The highest BCUT2D eigenvalue weighted by atomic mass is 32.2. The molecule has 0 aliphatic heterocycles. The highest BCUT2D eigenvalue weighted by Gasteiger charge is 2.40. The summed E-state index contributed by atoms with van der Waals surface area (Å²) in [5.41, 5.74) is 4.96. The number of benzene rings is 1. The van der Waals surface area contributed by atoms with Crippen molar-refractivity contribution in [3.8, 4) is 5.75 Å². The van der Waals surface area contributed by atoms with Crippen molar-refractivity contribution in [1.82, 2.24) is 4.72 Å². The number of hydrogen-bond acceptors (Lipinski definition) is 4. The number of nitrogens with two attached hydrogens (primary N) is 1. The van der Waals surface area contributed by atoms with E-state index in [0.29, 0.717) is 18.6 Å². The van der Waals surface area contributed by atoms with E-state index in [4.69, 9.17) is 22.7 Å². The Kier molecular flexibility index (Phi) is 4.31. The molecule has 0 atom stereocenters. The second-order valence-electron chi connectivity index (χ2n) is 4.93. The van der Waals surface area contributed by atoms with E-state index in [9.17, 15) is 8.42 Å². The number of hydrogen-bond donors (Lipinski definition) is 2. The molecular formula is C13H18N2O3S2. The third-order valence-corrected chi connectivity index (χ3v) is 5.57. The predicted octanol–water partition coefficient (Wildman–Crippen LogP) is 1.57. The topological polar surface area (TPSA) is 81.4 Å². The third kappa shape index (κ3) is 2.94. The predicted molar refractivity (Wildman–Crippen MR) is 81.3 cm³/mol. The molecule has 0 aromatic heterocycles. The van der Waals surface area contributed by atoms with Gasteiger partial charge in [-0.05, 0) is 37.1 Å². The number of nitrogens with one attached hydrogen (secondary N) is 1. The first-order chi connectivity index (χ1) is 9.39. The lowest BCUT2D eigenvalue weighted by atomic mass is 10.00. The molecule has 1 aromatic rings. The Bertz CT molecular complexity index is 591. The fourth-order valence-corrected chi connectivity index (χ4v) is 4.21. The minimum absolute atomic E-state index is 0.181. The van der Waals surface area contributed by atoms with Crippen LogP contribution in [0.5, 0.6) is 5.75 Å². The van der Waals surface area contributed by atoms with Crippen molar-refractivity contribution >= 4 is 27.2 Å². The van der Waals surface area contributed by atoms with Gasteiger partial charge in [0.15, 0.2) is 0 Å². The van der Waals surface area contributed by atoms with Crippen molar-refractivity contribution in [2.75, 3.05) is 7.11 Å². The van der Waals surface area contributed by atoms with Gasteiger partial charge in [-0.2, -0.15) is 4.72 Å². The Hall–Kier alpha value is -1.18. The minimum atomic E-state index is -3.65. The molecule has 7 heteroatoms. The monoisotopic (exact) mass is 314 g/mol. The Morgan fingerprint density at radius 3 is 2.30 bits per heavy atom. The van der Waals surface area contributed by atoms with Gasteiger partial charge in [0.25, 0.3) is 0 Å². The lowest BCUT2D eigenvalue weighted by Crippen LogP contribution is -2.54. The average Bonchev–Trinajstić information content (AvgIpc) is 2.88. The van der Waals surface area contributed by atoms with Gasteiger partial charge >= 0.3 is 0 Å². The smallest absolute Gasteiger partial charge is 0.241 e. The molecule has 5 nitrogen and oxygen atoms in total. The Morgan fingerprint density at radius 2 is 1.85 bits per heavy atom. The van der Waals surface area contributed by atoms with E-state index < -0.39 is 15.6 Å². The molecule has 1 saturated carbocycles. The molecule has 20 heavy (non-hydrogen) atoms. The van der Waals surface area contributed by atoms with Crippen LogP contribution in [0.4, 0.5) is 0 Å². The summed E-state index contributed by atoms with van der Waals surface area (Å²) in [5, 5.41) is 0. The van der Waals surface area contributed by atoms with Crippen molar-refractivity contribution in [3.05, 3.63) is 24.3 Å². The first-order valence-electron chi connectivity index (χ1n) is 6.38. The SMILES string of the molecule is COc1ccc(S(=O)(=O)NC2(C(N)=S)CCCC2)cc1. The Labute approximate surface area is 124 Å². The average molecular weight is 314 g/mol. The van der Waals surface area contributed by atoms with Crippen LogP contribution < -0.4 is 15.2 Å². The molecule has 0 radical (unpaired) electrons. The fourth-order valence-electron chi connectivity index (χ4n) is 2.45. The van der Waals surface area contributed by atoms with Gasteiger partial charge < -0.3 is 10.5 Å². The summed E-state index contributed by atoms with van der Waals surface area (Å²) in [6.07, 6.45) is 3.14. The normalized spacial score (nSPS) is 17.9. The van der Waals surface area contributed by atoms with E-state index in [0.717, 1.165) is 12.8 Å². The van der Waals surface area contributed by atoms with Crippen LogP contribution in [0, 0.1) is 0 Å². The van der Waals surface area contributed by atoms with Gasteiger partial charge in [0.1, 0.15) is 5.75 Å². The maximum atomic E-state index is 12.4. The molecule has 2 rings (SSSR count). The van der Waals surface area contributed by atoms with Crippen LogP contribution in [0.15, 0.2) is 29.2 Å². The molecule has 1 aliphatic carbocycles. The molecule has 0 saturated heterocycles. The van der Waals surface area contributed by atoms with Crippen LogP contribution in [-0.4, -0.2) is 26.1 Å². The Morgan fingerprint density at radius 1 is 1.30 bits per heavy atom. The minimum Gasteiger partial charge on any atom is -0.497 e. The van der Waals surface area contributed by atoms with Crippen molar-refractivity contribution in [3.63, 3.8) is 0 Å². The summed E-state index contributed by atoms with van der Waals surface area (Å²) in [6.45, 7) is 0. The van der Waals surface area contributed by atoms with Crippen LogP contribution in [0.1, 0.15) is 25.7 Å². The molecule has 110 valence electrons. The van der Waals surface area contributed by atoms with Crippen LogP contribution in [0.2, 0.25) is 0 Å². The molecule has 0 spiro atoms. The molecule has 1 aliphatic rings. The van der Waals surface area contributed by atoms with E-state index in [2.05, 4.69) is 4.72 Å². The van der Waals surface area contributed by atoms with E-state index in [1.807, 2.05) is 0 Å². The summed E-state index contributed by atoms with van der Waals surface area (Å²) < 4.78 is 32.6. The molecule has 3 N–H and O–H groups in total. The van der Waals surface area contributed by atoms with Gasteiger partial charge in [0.05, 0.1) is 22.5 Å². The zero-order valence-corrected chi connectivity index (χ0v) is 12.9. The molecule has 1 aromatic carbocycles. The number of sulfonamides is 1. The molecular weight excluding hydrogens is 296 g/mol. The summed E-state index contributed by atoms with van der Waals surface area (Å²) in [5.74, 6) is 0.605. The third-order valence-electron chi connectivity index (χ3n) is 3.63. The lowest BCUT2D eigenvalue weighted by molar-refractivity contribution is 0.414. The zero-order valence-electron chi connectivity index (χ0n) is 11.3. The van der Waals surface area contributed by atoms with Gasteiger partial charge in [-0.3, -0.25) is 0 Å². The van der Waals surface area contributed by atoms with Crippen LogP contribution >= 0.6 is 12.2 Å². The van der Waals surface area contributed by atoms with Gasteiger partial charge in [-0.25, -0.2) is 8.42 Å².